The molecule has 3 aromatic rings. The fourth-order valence-corrected chi connectivity index (χ4v) is 1.98. The van der Waals surface area contributed by atoms with E-state index in [9.17, 15) is 4.79 Å². The highest BCUT2D eigenvalue weighted by Crippen LogP contribution is 2.26. The topological polar surface area (TPSA) is 80.1 Å². The van der Waals surface area contributed by atoms with Crippen molar-refractivity contribution in [3.8, 4) is 11.3 Å². The van der Waals surface area contributed by atoms with Crippen molar-refractivity contribution in [2.45, 2.75) is 13.0 Å². The summed E-state index contributed by atoms with van der Waals surface area (Å²) < 4.78 is 7.14. The molecule has 3 aromatic heterocycles. The Labute approximate surface area is 114 Å². The van der Waals surface area contributed by atoms with Gasteiger partial charge in [0.2, 0.25) is 5.65 Å². The maximum Gasteiger partial charge on any atom is 0.309 e. The predicted molar refractivity (Wildman–Crippen MR) is 69.7 cm³/mol. The van der Waals surface area contributed by atoms with Gasteiger partial charge in [-0.25, -0.2) is 9.55 Å². The lowest BCUT2D eigenvalue weighted by atomic mass is 10.1. The average molecular weight is 270 g/mol. The van der Waals surface area contributed by atoms with Gasteiger partial charge >= 0.3 is 5.97 Å². The molecule has 20 heavy (non-hydrogen) atoms. The maximum atomic E-state index is 10.5. The van der Waals surface area contributed by atoms with Crippen LogP contribution in [0.25, 0.3) is 22.4 Å². The first kappa shape index (κ1) is 12.3. The van der Waals surface area contributed by atoms with Crippen LogP contribution in [-0.4, -0.2) is 21.2 Å². The molecule has 3 heterocycles. The van der Waals surface area contributed by atoms with Gasteiger partial charge in [0.05, 0.1) is 5.39 Å². The van der Waals surface area contributed by atoms with Gasteiger partial charge in [-0.3, -0.25) is 4.79 Å². The molecule has 0 bridgehead atoms. The van der Waals surface area contributed by atoms with Crippen molar-refractivity contribution in [3.05, 3.63) is 42.9 Å². The van der Waals surface area contributed by atoms with Crippen molar-refractivity contribution >= 4 is 17.0 Å². The molecule has 0 aromatic carbocycles. The lowest BCUT2D eigenvalue weighted by molar-refractivity contribution is -0.695. The molecule has 6 heteroatoms. The minimum absolute atomic E-state index is 0.0964. The van der Waals surface area contributed by atoms with Gasteiger partial charge in [-0.15, -0.1) is 0 Å². The highest BCUT2D eigenvalue weighted by Gasteiger charge is 2.12. The number of rotatable bonds is 4. The van der Waals surface area contributed by atoms with E-state index in [1.54, 1.807) is 6.20 Å². The predicted octanol–water partition coefficient (Wildman–Crippen LogP) is 1.65. The molecule has 0 unspecified atom stereocenters. The van der Waals surface area contributed by atoms with Crippen LogP contribution in [-0.2, 0) is 11.3 Å². The Morgan fingerprint density at radius 3 is 2.85 bits per heavy atom. The van der Waals surface area contributed by atoms with Gasteiger partial charge in [0.15, 0.2) is 24.7 Å². The summed E-state index contributed by atoms with van der Waals surface area (Å²) >= 11 is 0. The third-order valence-corrected chi connectivity index (χ3v) is 2.99. The number of fused-ring (bicyclic) bond motifs is 1. The van der Waals surface area contributed by atoms with Crippen LogP contribution in [0.3, 0.4) is 0 Å². The maximum absolute atomic E-state index is 10.5. The fraction of sp³-hybridized carbons (Fsp3) is 0.143. The first-order valence-electron chi connectivity index (χ1n) is 6.16. The molecule has 0 fully saturated rings. The normalized spacial score (nSPS) is 10.8. The SMILES string of the molecule is O=C(O)CC[n+]1ccc(-c2onc3ncccc23)cc1. The van der Waals surface area contributed by atoms with Gasteiger partial charge in [-0.1, -0.05) is 5.16 Å². The Kier molecular flexibility index (Phi) is 3.12. The molecule has 1 N–H and O–H groups in total. The molecule has 0 aliphatic heterocycles. The first-order chi connectivity index (χ1) is 9.74. The quantitative estimate of drug-likeness (QED) is 0.729. The smallest absolute Gasteiger partial charge is 0.309 e. The number of carboxylic acid groups (broad SMARTS) is 1. The number of aliphatic carboxylic acids is 1. The van der Waals surface area contributed by atoms with Gasteiger partial charge in [-0.2, -0.15) is 0 Å². The van der Waals surface area contributed by atoms with E-state index in [0.717, 1.165) is 10.9 Å². The fourth-order valence-electron chi connectivity index (χ4n) is 1.98. The Morgan fingerprint density at radius 1 is 1.30 bits per heavy atom. The van der Waals surface area contributed by atoms with Crippen molar-refractivity contribution < 1.29 is 19.0 Å². The standard InChI is InChI=1S/C14H11N3O3/c18-12(19)5-9-17-7-3-10(4-8-17)13-11-2-1-6-15-14(11)16-20-13/h1-4,6-8H,5,9H2/p+1. The van der Waals surface area contributed by atoms with E-state index in [2.05, 4.69) is 10.1 Å². The van der Waals surface area contributed by atoms with Crippen LogP contribution in [0.5, 0.6) is 0 Å². The zero-order valence-electron chi connectivity index (χ0n) is 10.6. The second kappa shape index (κ2) is 5.08. The largest absolute Gasteiger partial charge is 0.481 e. The summed E-state index contributed by atoms with van der Waals surface area (Å²) in [5, 5.41) is 13.4. The van der Waals surface area contributed by atoms with Crippen molar-refractivity contribution in [2.24, 2.45) is 0 Å². The Bertz CT molecular complexity index is 750. The summed E-state index contributed by atoms with van der Waals surface area (Å²) in [5.74, 6) is -0.146. The van der Waals surface area contributed by atoms with Crippen molar-refractivity contribution in [1.82, 2.24) is 10.1 Å². The van der Waals surface area contributed by atoms with Crippen LogP contribution >= 0.6 is 0 Å². The summed E-state index contributed by atoms with van der Waals surface area (Å²) in [6.45, 7) is 0.439. The van der Waals surface area contributed by atoms with E-state index in [-0.39, 0.29) is 6.42 Å². The van der Waals surface area contributed by atoms with Gasteiger partial charge in [0.1, 0.15) is 6.42 Å². The summed E-state index contributed by atoms with van der Waals surface area (Å²) in [5.41, 5.74) is 1.46. The number of hydrogen-bond donors (Lipinski definition) is 1. The van der Waals surface area contributed by atoms with E-state index in [1.165, 1.54) is 0 Å². The number of pyridine rings is 2. The highest BCUT2D eigenvalue weighted by molar-refractivity contribution is 5.88. The first-order valence-corrected chi connectivity index (χ1v) is 6.16. The molecule has 0 saturated carbocycles. The molecule has 0 aliphatic rings. The van der Waals surface area contributed by atoms with E-state index < -0.39 is 5.97 Å². The summed E-state index contributed by atoms with van der Waals surface area (Å²) in [4.78, 5) is 14.6. The molecule has 0 saturated heterocycles. The number of aromatic nitrogens is 3. The van der Waals surface area contributed by atoms with Gasteiger partial charge in [0.25, 0.3) is 0 Å². The van der Waals surface area contributed by atoms with Crippen LogP contribution in [0.1, 0.15) is 6.42 Å². The van der Waals surface area contributed by atoms with Crippen molar-refractivity contribution in [2.75, 3.05) is 0 Å². The van der Waals surface area contributed by atoms with Gasteiger partial charge in [0, 0.05) is 23.9 Å². The monoisotopic (exact) mass is 270 g/mol. The number of nitrogens with zero attached hydrogens (tertiary/aromatic N) is 3. The Morgan fingerprint density at radius 2 is 2.10 bits per heavy atom. The minimum atomic E-state index is -0.811. The average Bonchev–Trinajstić information content (AvgIpc) is 2.89. The molecule has 100 valence electrons. The molecule has 0 radical (unpaired) electrons. The van der Waals surface area contributed by atoms with Crippen LogP contribution in [0, 0.1) is 0 Å². The Balaban J connectivity index is 1.89. The second-order valence-corrected chi connectivity index (χ2v) is 4.35. The van der Waals surface area contributed by atoms with Gasteiger partial charge < -0.3 is 9.63 Å². The molecular formula is C14H12N3O3+. The van der Waals surface area contributed by atoms with E-state index in [4.69, 9.17) is 9.63 Å². The number of aryl methyl sites for hydroxylation is 1. The summed E-state index contributed by atoms with van der Waals surface area (Å²) in [7, 11) is 0. The molecule has 0 aliphatic carbocycles. The third-order valence-electron chi connectivity index (χ3n) is 2.99. The number of carbonyl (C=O) groups is 1. The number of hydrogen-bond acceptors (Lipinski definition) is 4. The lowest BCUT2D eigenvalue weighted by Crippen LogP contribution is -2.33. The molecule has 6 nitrogen and oxygen atoms in total. The molecule has 0 spiro atoms. The summed E-state index contributed by atoms with van der Waals surface area (Å²) in [6, 6.07) is 7.47. The number of carboxylic acids is 1. The lowest BCUT2D eigenvalue weighted by Gasteiger charge is -1.97. The van der Waals surface area contributed by atoms with Crippen molar-refractivity contribution in [3.63, 3.8) is 0 Å². The van der Waals surface area contributed by atoms with Crippen LogP contribution in [0.15, 0.2) is 47.4 Å². The zero-order valence-corrected chi connectivity index (χ0v) is 10.6. The molecule has 3 rings (SSSR count). The minimum Gasteiger partial charge on any atom is -0.481 e. The molecule has 0 atom stereocenters. The highest BCUT2D eigenvalue weighted by atomic mass is 16.5. The molecular weight excluding hydrogens is 258 g/mol. The summed E-state index contributed by atoms with van der Waals surface area (Å²) in [6.07, 6.45) is 5.41. The van der Waals surface area contributed by atoms with Crippen LogP contribution < -0.4 is 4.57 Å². The van der Waals surface area contributed by atoms with Gasteiger partial charge in [-0.05, 0) is 12.1 Å². The van der Waals surface area contributed by atoms with E-state index in [0.29, 0.717) is 18.0 Å². The molecule has 0 amide bonds. The Hall–Kier alpha value is -2.76. The van der Waals surface area contributed by atoms with Crippen molar-refractivity contribution in [1.29, 1.82) is 0 Å². The third kappa shape index (κ3) is 2.35. The van der Waals surface area contributed by atoms with E-state index >= 15 is 0 Å². The second-order valence-electron chi connectivity index (χ2n) is 4.35. The van der Waals surface area contributed by atoms with Crippen LogP contribution in [0.2, 0.25) is 0 Å². The zero-order chi connectivity index (χ0) is 13.9. The van der Waals surface area contributed by atoms with Crippen LogP contribution in [0.4, 0.5) is 0 Å². The van der Waals surface area contributed by atoms with E-state index in [1.807, 2.05) is 41.2 Å².